The molecule has 0 heteroatoms. The molecule has 0 radical (unpaired) electrons. The monoisotopic (exact) mass is 136 g/mol. The molecule has 10 heavy (non-hydrogen) atoms. The minimum Gasteiger partial charge on any atom is -0.0632 e. The third-order valence-electron chi connectivity index (χ3n) is 3.20. The van der Waals surface area contributed by atoms with Crippen molar-refractivity contribution in [1.82, 2.24) is 0 Å². The van der Waals surface area contributed by atoms with Crippen LogP contribution in [0.25, 0.3) is 0 Å². The van der Waals surface area contributed by atoms with E-state index in [0.29, 0.717) is 0 Å². The first-order valence-electron chi connectivity index (χ1n) is 4.47. The SMILES string of the molecule is CCC1=C2CC(C(C)C)C12. The van der Waals surface area contributed by atoms with E-state index in [0.717, 1.165) is 17.8 Å². The van der Waals surface area contributed by atoms with Gasteiger partial charge in [0.05, 0.1) is 0 Å². The molecule has 2 unspecified atom stereocenters. The van der Waals surface area contributed by atoms with Crippen molar-refractivity contribution in [1.29, 1.82) is 0 Å². The van der Waals surface area contributed by atoms with Crippen molar-refractivity contribution in [2.75, 3.05) is 0 Å². The summed E-state index contributed by atoms with van der Waals surface area (Å²) in [5, 5.41) is 0. The van der Waals surface area contributed by atoms with Crippen LogP contribution in [-0.2, 0) is 0 Å². The smallest absolute Gasteiger partial charge is 0.00465 e. The average molecular weight is 136 g/mol. The molecule has 1 fully saturated rings. The van der Waals surface area contributed by atoms with E-state index >= 15 is 0 Å². The van der Waals surface area contributed by atoms with Crippen molar-refractivity contribution >= 4 is 0 Å². The van der Waals surface area contributed by atoms with E-state index in [1.807, 2.05) is 5.57 Å². The summed E-state index contributed by atoms with van der Waals surface area (Å²) >= 11 is 0. The molecule has 0 aromatic heterocycles. The Morgan fingerprint density at radius 3 is 2.50 bits per heavy atom. The first-order valence-corrected chi connectivity index (χ1v) is 4.47. The summed E-state index contributed by atoms with van der Waals surface area (Å²) in [6.07, 6.45) is 2.76. The molecule has 56 valence electrons. The summed E-state index contributed by atoms with van der Waals surface area (Å²) in [7, 11) is 0. The summed E-state index contributed by atoms with van der Waals surface area (Å²) in [6, 6.07) is 0. The van der Waals surface area contributed by atoms with Crippen molar-refractivity contribution in [3.05, 3.63) is 11.1 Å². The molecule has 0 heterocycles. The fraction of sp³-hybridized carbons (Fsp3) is 0.800. The summed E-state index contributed by atoms with van der Waals surface area (Å²) in [4.78, 5) is 0. The number of hydrogen-bond acceptors (Lipinski definition) is 0. The highest BCUT2D eigenvalue weighted by Crippen LogP contribution is 2.62. The maximum atomic E-state index is 2.35. The highest BCUT2D eigenvalue weighted by atomic mass is 14.5. The van der Waals surface area contributed by atoms with Gasteiger partial charge in [-0.15, -0.1) is 0 Å². The number of hydrogen-bond donors (Lipinski definition) is 0. The number of fused-ring (bicyclic) bond motifs is 1. The molecule has 0 nitrogen and oxygen atoms in total. The van der Waals surface area contributed by atoms with Gasteiger partial charge in [-0.25, -0.2) is 0 Å². The largest absolute Gasteiger partial charge is 0.0632 e. The quantitative estimate of drug-likeness (QED) is 0.512. The molecule has 0 spiro atoms. The van der Waals surface area contributed by atoms with Crippen molar-refractivity contribution in [2.45, 2.75) is 33.6 Å². The lowest BCUT2D eigenvalue weighted by atomic mass is 9.76. The Balaban J connectivity index is 1.94. The van der Waals surface area contributed by atoms with Gasteiger partial charge in [0.1, 0.15) is 0 Å². The maximum absolute atomic E-state index is 2.35. The Hall–Kier alpha value is -0.260. The predicted octanol–water partition coefficient (Wildman–Crippen LogP) is 3.00. The Bertz CT molecular complexity index is 186. The van der Waals surface area contributed by atoms with Gasteiger partial charge in [-0.1, -0.05) is 31.9 Å². The molecular formula is C10H16. The molecule has 0 saturated heterocycles. The van der Waals surface area contributed by atoms with Gasteiger partial charge in [-0.2, -0.15) is 0 Å². The van der Waals surface area contributed by atoms with Gasteiger partial charge in [0.2, 0.25) is 0 Å². The second-order valence-corrected chi connectivity index (χ2v) is 3.99. The molecule has 0 amide bonds. The normalized spacial score (nSPS) is 36.0. The second-order valence-electron chi connectivity index (χ2n) is 3.99. The van der Waals surface area contributed by atoms with Crippen LogP contribution in [0.5, 0.6) is 0 Å². The summed E-state index contributed by atoms with van der Waals surface area (Å²) in [5.74, 6) is 2.95. The first-order chi connectivity index (χ1) is 4.75. The van der Waals surface area contributed by atoms with Crippen LogP contribution in [0.1, 0.15) is 33.6 Å². The summed E-state index contributed by atoms with van der Waals surface area (Å²) in [6.45, 7) is 7.00. The zero-order chi connectivity index (χ0) is 7.30. The zero-order valence-corrected chi connectivity index (χ0v) is 7.15. The minimum atomic E-state index is 0.915. The molecule has 1 saturated carbocycles. The first kappa shape index (κ1) is 6.45. The molecule has 2 rings (SSSR count). The minimum absolute atomic E-state index is 0.915. The summed E-state index contributed by atoms with van der Waals surface area (Å²) in [5.41, 5.74) is 3.62. The van der Waals surface area contributed by atoms with E-state index in [4.69, 9.17) is 0 Å². The van der Waals surface area contributed by atoms with E-state index in [9.17, 15) is 0 Å². The average Bonchev–Trinajstić information content (AvgIpc) is 2.34. The van der Waals surface area contributed by atoms with Crippen molar-refractivity contribution in [3.8, 4) is 0 Å². The van der Waals surface area contributed by atoms with Gasteiger partial charge in [-0.3, -0.25) is 0 Å². The van der Waals surface area contributed by atoms with Crippen LogP contribution in [0.2, 0.25) is 0 Å². The molecule has 2 aliphatic carbocycles. The van der Waals surface area contributed by atoms with Gasteiger partial charge in [0.15, 0.2) is 0 Å². The molecular weight excluding hydrogens is 120 g/mol. The van der Waals surface area contributed by atoms with E-state index in [1.165, 1.54) is 12.8 Å². The Labute approximate surface area is 63.3 Å². The molecule has 2 aliphatic rings. The summed E-state index contributed by atoms with van der Waals surface area (Å²) < 4.78 is 0. The topological polar surface area (TPSA) is 0 Å². The van der Waals surface area contributed by atoms with Crippen LogP contribution in [0, 0.1) is 17.8 Å². The van der Waals surface area contributed by atoms with Gasteiger partial charge >= 0.3 is 0 Å². The standard InChI is InChI=1S/C10H16/c1-4-7-9-5-8(6(2)3)10(7)9/h6,8,10H,4-5H2,1-3H3. The van der Waals surface area contributed by atoms with Gasteiger partial charge in [0, 0.05) is 5.92 Å². The molecule has 2 atom stereocenters. The number of allylic oxidation sites excluding steroid dienone is 2. The molecule has 0 aromatic carbocycles. The molecule has 0 aliphatic heterocycles. The lowest BCUT2D eigenvalue weighted by molar-refractivity contribution is 0.287. The van der Waals surface area contributed by atoms with Gasteiger partial charge in [0.25, 0.3) is 0 Å². The molecule has 0 bridgehead atoms. The van der Waals surface area contributed by atoms with Crippen LogP contribution in [0.4, 0.5) is 0 Å². The van der Waals surface area contributed by atoms with Crippen molar-refractivity contribution in [2.24, 2.45) is 17.8 Å². The van der Waals surface area contributed by atoms with E-state index in [2.05, 4.69) is 20.8 Å². The highest BCUT2D eigenvalue weighted by Gasteiger charge is 2.51. The molecule has 0 N–H and O–H groups in total. The Morgan fingerprint density at radius 2 is 2.20 bits per heavy atom. The zero-order valence-electron chi connectivity index (χ0n) is 7.15. The third kappa shape index (κ3) is 0.624. The fourth-order valence-electron chi connectivity index (χ4n) is 2.39. The van der Waals surface area contributed by atoms with Crippen molar-refractivity contribution < 1.29 is 0 Å². The van der Waals surface area contributed by atoms with Gasteiger partial charge in [-0.05, 0) is 24.7 Å². The third-order valence-corrected chi connectivity index (χ3v) is 3.20. The highest BCUT2D eigenvalue weighted by molar-refractivity contribution is 5.49. The maximum Gasteiger partial charge on any atom is 0.00465 e. The Morgan fingerprint density at radius 1 is 1.50 bits per heavy atom. The van der Waals surface area contributed by atoms with E-state index in [-0.39, 0.29) is 0 Å². The fourth-order valence-corrected chi connectivity index (χ4v) is 2.39. The van der Waals surface area contributed by atoms with Crippen molar-refractivity contribution in [3.63, 3.8) is 0 Å². The lowest BCUT2D eigenvalue weighted by Crippen LogP contribution is -2.20. The second kappa shape index (κ2) is 1.87. The van der Waals surface area contributed by atoms with Crippen LogP contribution in [0.15, 0.2) is 11.1 Å². The van der Waals surface area contributed by atoms with Crippen LogP contribution >= 0.6 is 0 Å². The van der Waals surface area contributed by atoms with E-state index < -0.39 is 0 Å². The van der Waals surface area contributed by atoms with Crippen LogP contribution < -0.4 is 0 Å². The lowest BCUT2D eigenvalue weighted by Gasteiger charge is -2.28. The van der Waals surface area contributed by atoms with Crippen LogP contribution in [0.3, 0.4) is 0 Å². The van der Waals surface area contributed by atoms with Gasteiger partial charge < -0.3 is 0 Å². The van der Waals surface area contributed by atoms with Crippen LogP contribution in [-0.4, -0.2) is 0 Å². The predicted molar refractivity (Wildman–Crippen MR) is 43.8 cm³/mol. The Kier molecular flexibility index (Phi) is 1.21. The molecule has 0 aromatic rings. The van der Waals surface area contributed by atoms with E-state index in [1.54, 1.807) is 5.57 Å². The number of rotatable bonds is 2.